The van der Waals surface area contributed by atoms with E-state index < -0.39 is 0 Å². The van der Waals surface area contributed by atoms with E-state index in [9.17, 15) is 24.0 Å². The van der Waals surface area contributed by atoms with E-state index in [-0.39, 0.29) is 0 Å². The molecule has 1 rings (SSSR count). The van der Waals surface area contributed by atoms with E-state index in [1.54, 1.807) is 0 Å². The summed E-state index contributed by atoms with van der Waals surface area (Å²) >= 11 is 2.07. The summed E-state index contributed by atoms with van der Waals surface area (Å²) in [5, 5.41) is 0. The SMILES string of the molecule is C1CCSC1.C=CCCCCCC=O.O=CCCCCCCC=O.O=CCCCCCCCC=O. The Bertz CT molecular complexity index is 409. The molecule has 1 aliphatic heterocycles. The van der Waals surface area contributed by atoms with Gasteiger partial charge in [0.05, 0.1) is 0 Å². The summed E-state index contributed by atoms with van der Waals surface area (Å²) in [6.45, 7) is 3.61. The zero-order valence-corrected chi connectivity index (χ0v) is 23.0. The minimum absolute atomic E-state index is 0.668. The normalized spacial score (nSPS) is 11.3. The van der Waals surface area contributed by atoms with Crippen LogP contribution < -0.4 is 0 Å². The molecule has 0 aliphatic carbocycles. The predicted molar refractivity (Wildman–Crippen MR) is 150 cm³/mol. The Morgan fingerprint density at radius 3 is 0.914 bits per heavy atom. The number of hydrogen-bond acceptors (Lipinski definition) is 6. The quantitative estimate of drug-likeness (QED) is 0.0890. The van der Waals surface area contributed by atoms with Crippen LogP contribution in [-0.2, 0) is 24.0 Å². The third-order valence-corrected chi connectivity index (χ3v) is 6.25. The molecule has 204 valence electrons. The van der Waals surface area contributed by atoms with Crippen molar-refractivity contribution in [1.29, 1.82) is 0 Å². The number of allylic oxidation sites excluding steroid dienone is 1. The average molecular weight is 513 g/mol. The molecule has 0 aromatic carbocycles. The zero-order chi connectivity index (χ0) is 26.5. The van der Waals surface area contributed by atoms with Gasteiger partial charge in [-0.3, -0.25) is 0 Å². The van der Waals surface area contributed by atoms with Crippen LogP contribution in [0, 0.1) is 0 Å². The second kappa shape index (κ2) is 42.6. The minimum Gasteiger partial charge on any atom is -0.303 e. The fourth-order valence-corrected chi connectivity index (χ4v) is 4.02. The van der Waals surface area contributed by atoms with E-state index in [0.717, 1.165) is 115 Å². The standard InChI is InChI=1S/C9H16O2.C8H14O2.C8H14O.C4H8S/c10-8-6-4-2-1-3-5-7-9-11;9-7-5-3-1-2-4-6-8-10;1-2-3-4-5-6-7-8-9;1-2-4-5-3-1/h8-9H,1-7H2;7-8H,1-6H2;2,8H,1,3-7H2;1-4H2. The Kier molecular flexibility index (Phi) is 46.2. The highest BCUT2D eigenvalue weighted by molar-refractivity contribution is 7.99. The largest absolute Gasteiger partial charge is 0.303 e. The topological polar surface area (TPSA) is 85.3 Å². The molecule has 0 bridgehead atoms. The van der Waals surface area contributed by atoms with Crippen LogP contribution >= 0.6 is 11.8 Å². The van der Waals surface area contributed by atoms with Gasteiger partial charge in [-0.25, -0.2) is 0 Å². The summed E-state index contributed by atoms with van der Waals surface area (Å²) < 4.78 is 0. The number of carbonyl (C=O) groups excluding carboxylic acids is 5. The van der Waals surface area contributed by atoms with E-state index in [4.69, 9.17) is 0 Å². The maximum absolute atomic E-state index is 9.89. The van der Waals surface area contributed by atoms with Gasteiger partial charge in [0.2, 0.25) is 0 Å². The lowest BCUT2D eigenvalue weighted by molar-refractivity contribution is -0.108. The molecular formula is C29H52O5S. The maximum Gasteiger partial charge on any atom is 0.119 e. The van der Waals surface area contributed by atoms with Crippen LogP contribution in [0.3, 0.4) is 0 Å². The van der Waals surface area contributed by atoms with E-state index in [1.165, 1.54) is 30.8 Å². The van der Waals surface area contributed by atoms with E-state index >= 15 is 0 Å². The molecule has 1 heterocycles. The summed E-state index contributed by atoms with van der Waals surface area (Å²) in [4.78, 5) is 49.3. The average Bonchev–Trinajstić information content (AvgIpc) is 3.47. The molecule has 1 aliphatic rings. The first-order valence-corrected chi connectivity index (χ1v) is 14.8. The Hall–Kier alpha value is -1.56. The molecule has 0 spiro atoms. The first-order chi connectivity index (χ1) is 17.2. The molecule has 0 saturated carbocycles. The fourth-order valence-electron chi connectivity index (χ4n) is 3.00. The fraction of sp³-hybridized carbons (Fsp3) is 0.759. The number of aldehydes is 5. The van der Waals surface area contributed by atoms with Crippen molar-refractivity contribution >= 4 is 43.2 Å². The zero-order valence-electron chi connectivity index (χ0n) is 22.2. The highest BCUT2D eigenvalue weighted by Gasteiger charge is 1.95. The van der Waals surface area contributed by atoms with Crippen molar-refractivity contribution in [3.63, 3.8) is 0 Å². The molecule has 0 radical (unpaired) electrons. The number of rotatable bonds is 21. The van der Waals surface area contributed by atoms with Crippen molar-refractivity contribution in [1.82, 2.24) is 0 Å². The van der Waals surface area contributed by atoms with Gasteiger partial charge in [0.15, 0.2) is 0 Å². The van der Waals surface area contributed by atoms with Gasteiger partial charge in [0.25, 0.3) is 0 Å². The van der Waals surface area contributed by atoms with Crippen LogP contribution in [-0.4, -0.2) is 42.9 Å². The monoisotopic (exact) mass is 512 g/mol. The smallest absolute Gasteiger partial charge is 0.119 e. The molecular weight excluding hydrogens is 460 g/mol. The Morgan fingerprint density at radius 2 is 0.686 bits per heavy atom. The second-order valence-corrected chi connectivity index (χ2v) is 9.64. The van der Waals surface area contributed by atoms with Gasteiger partial charge in [-0.05, 0) is 69.3 Å². The van der Waals surface area contributed by atoms with Crippen molar-refractivity contribution in [2.45, 2.75) is 128 Å². The van der Waals surface area contributed by atoms with Gasteiger partial charge in [0, 0.05) is 32.1 Å². The summed E-state index contributed by atoms with van der Waals surface area (Å²) in [7, 11) is 0. The van der Waals surface area contributed by atoms with Crippen molar-refractivity contribution in [2.75, 3.05) is 11.5 Å². The summed E-state index contributed by atoms with van der Waals surface area (Å²) in [5.41, 5.74) is 0. The summed E-state index contributed by atoms with van der Waals surface area (Å²) in [6.07, 6.45) is 27.0. The third kappa shape index (κ3) is 50.3. The third-order valence-electron chi connectivity index (χ3n) is 5.10. The van der Waals surface area contributed by atoms with Gasteiger partial charge < -0.3 is 24.0 Å². The van der Waals surface area contributed by atoms with Crippen LogP contribution in [0.2, 0.25) is 0 Å². The lowest BCUT2D eigenvalue weighted by Crippen LogP contribution is -1.81. The van der Waals surface area contributed by atoms with Crippen molar-refractivity contribution < 1.29 is 24.0 Å². The Morgan fingerprint density at radius 1 is 0.429 bits per heavy atom. The maximum atomic E-state index is 9.89. The summed E-state index contributed by atoms with van der Waals surface area (Å²) in [5.74, 6) is 2.83. The van der Waals surface area contributed by atoms with Crippen molar-refractivity contribution in [3.05, 3.63) is 12.7 Å². The second-order valence-electron chi connectivity index (χ2n) is 8.42. The van der Waals surface area contributed by atoms with E-state index in [1.807, 2.05) is 6.08 Å². The molecule has 0 aromatic heterocycles. The molecule has 0 amide bonds. The van der Waals surface area contributed by atoms with Gasteiger partial charge in [-0.15, -0.1) is 6.58 Å². The molecule has 0 unspecified atom stereocenters. The highest BCUT2D eigenvalue weighted by atomic mass is 32.2. The summed E-state index contributed by atoms with van der Waals surface area (Å²) in [6, 6.07) is 0. The van der Waals surface area contributed by atoms with Crippen LogP contribution in [0.4, 0.5) is 0 Å². The van der Waals surface area contributed by atoms with Crippen LogP contribution in [0.15, 0.2) is 12.7 Å². The lowest BCUT2D eigenvalue weighted by Gasteiger charge is -1.95. The predicted octanol–water partition coefficient (Wildman–Crippen LogP) is 7.67. The number of thioether (sulfide) groups is 1. The molecule has 0 N–H and O–H groups in total. The molecule has 1 fully saturated rings. The molecule has 35 heavy (non-hydrogen) atoms. The van der Waals surface area contributed by atoms with Crippen LogP contribution in [0.5, 0.6) is 0 Å². The minimum atomic E-state index is 0.668. The van der Waals surface area contributed by atoms with Gasteiger partial charge in [0.1, 0.15) is 31.4 Å². The first kappa shape index (κ1) is 38.0. The van der Waals surface area contributed by atoms with Crippen molar-refractivity contribution in [2.24, 2.45) is 0 Å². The Labute approximate surface area is 219 Å². The first-order valence-electron chi connectivity index (χ1n) is 13.6. The van der Waals surface area contributed by atoms with Gasteiger partial charge in [-0.1, -0.05) is 44.6 Å². The number of hydrogen-bond donors (Lipinski definition) is 0. The number of unbranched alkanes of at least 4 members (excludes halogenated alkanes) is 15. The molecule has 6 heteroatoms. The van der Waals surface area contributed by atoms with Crippen LogP contribution in [0.25, 0.3) is 0 Å². The molecule has 1 saturated heterocycles. The van der Waals surface area contributed by atoms with E-state index in [2.05, 4.69) is 18.3 Å². The van der Waals surface area contributed by atoms with Gasteiger partial charge >= 0.3 is 0 Å². The van der Waals surface area contributed by atoms with Crippen LogP contribution in [0.1, 0.15) is 128 Å². The highest BCUT2D eigenvalue weighted by Crippen LogP contribution is 2.14. The lowest BCUT2D eigenvalue weighted by atomic mass is 10.1. The molecule has 0 atom stereocenters. The Balaban J connectivity index is -0.000000400. The van der Waals surface area contributed by atoms with E-state index in [0.29, 0.717) is 25.7 Å². The molecule has 0 aromatic rings. The van der Waals surface area contributed by atoms with Crippen molar-refractivity contribution in [3.8, 4) is 0 Å². The molecule has 5 nitrogen and oxygen atoms in total. The van der Waals surface area contributed by atoms with Gasteiger partial charge in [-0.2, -0.15) is 11.8 Å². The number of carbonyl (C=O) groups is 5.